The highest BCUT2D eigenvalue weighted by Crippen LogP contribution is 2.60. The van der Waals surface area contributed by atoms with E-state index in [9.17, 15) is 14.4 Å². The second kappa shape index (κ2) is 14.9. The Hall–Kier alpha value is -3.87. The molecule has 11 nitrogen and oxygen atoms in total. The lowest BCUT2D eigenvalue weighted by molar-refractivity contribution is -0.139. The van der Waals surface area contributed by atoms with Crippen molar-refractivity contribution in [2.75, 3.05) is 27.2 Å². The Morgan fingerprint density at radius 1 is 1.08 bits per heavy atom. The van der Waals surface area contributed by atoms with Gasteiger partial charge in [0.25, 0.3) is 0 Å². The highest BCUT2D eigenvalue weighted by molar-refractivity contribution is 9.10. The molecule has 0 spiro atoms. The van der Waals surface area contributed by atoms with Crippen molar-refractivity contribution in [2.45, 2.75) is 96.9 Å². The van der Waals surface area contributed by atoms with Crippen molar-refractivity contribution < 1.29 is 19.1 Å². The summed E-state index contributed by atoms with van der Waals surface area (Å²) in [6, 6.07) is 9.06. The van der Waals surface area contributed by atoms with Crippen LogP contribution >= 0.6 is 15.9 Å². The first-order valence-electron chi connectivity index (χ1n) is 18.5. The minimum absolute atomic E-state index is 0.00334. The molecule has 1 amide bonds. The number of nitrogens with zero attached hydrogens (tertiary/aromatic N) is 7. The maximum absolute atomic E-state index is 14.7. The van der Waals surface area contributed by atoms with Gasteiger partial charge in [-0.3, -0.25) is 19.1 Å². The van der Waals surface area contributed by atoms with Crippen LogP contribution < -0.4 is 0 Å². The van der Waals surface area contributed by atoms with Crippen molar-refractivity contribution in [3.05, 3.63) is 70.1 Å². The van der Waals surface area contributed by atoms with Crippen molar-refractivity contribution in [1.29, 1.82) is 0 Å². The van der Waals surface area contributed by atoms with E-state index in [2.05, 4.69) is 55.8 Å². The second-order valence-corrected chi connectivity index (χ2v) is 16.2. The molecule has 5 atom stereocenters. The quantitative estimate of drug-likeness (QED) is 0.171. The van der Waals surface area contributed by atoms with Crippen LogP contribution in [0.5, 0.6) is 0 Å². The smallest absolute Gasteiger partial charge is 0.245 e. The summed E-state index contributed by atoms with van der Waals surface area (Å²) < 4.78 is 8.52. The number of hydrogen-bond acceptors (Lipinski definition) is 9. The Bertz CT molecular complexity index is 2000. The molecular formula is C40H48BrN7O4. The van der Waals surface area contributed by atoms with Crippen LogP contribution in [0.3, 0.4) is 0 Å². The number of aromatic nitrogens is 5. The summed E-state index contributed by atoms with van der Waals surface area (Å²) in [6.07, 6.45) is 10.1. The van der Waals surface area contributed by atoms with E-state index in [0.717, 1.165) is 67.4 Å². The van der Waals surface area contributed by atoms with Gasteiger partial charge in [-0.2, -0.15) is 5.10 Å². The maximum Gasteiger partial charge on any atom is 0.245 e. The Morgan fingerprint density at radius 3 is 2.60 bits per heavy atom. The van der Waals surface area contributed by atoms with Gasteiger partial charge in [0.1, 0.15) is 22.7 Å². The molecule has 0 N–H and O–H groups in total. The van der Waals surface area contributed by atoms with E-state index in [0.29, 0.717) is 40.0 Å². The summed E-state index contributed by atoms with van der Waals surface area (Å²) in [5.74, 6) is 0.609. The van der Waals surface area contributed by atoms with E-state index < -0.39 is 6.04 Å². The summed E-state index contributed by atoms with van der Waals surface area (Å²) in [6.45, 7) is 7.34. The molecule has 3 aromatic heterocycles. The number of pyridine rings is 1. The normalized spacial score (nSPS) is 25.8. The summed E-state index contributed by atoms with van der Waals surface area (Å²) >= 11 is 3.43. The number of amides is 1. The van der Waals surface area contributed by atoms with Crippen LogP contribution in [0.1, 0.15) is 79.9 Å². The molecule has 0 radical (unpaired) electrons. The molecule has 1 aromatic carbocycles. The zero-order valence-corrected chi connectivity index (χ0v) is 32.4. The van der Waals surface area contributed by atoms with Crippen molar-refractivity contribution in [3.8, 4) is 11.1 Å². The minimum atomic E-state index is -0.553. The third-order valence-corrected chi connectivity index (χ3v) is 11.9. The number of halogens is 1. The van der Waals surface area contributed by atoms with Gasteiger partial charge in [0, 0.05) is 67.5 Å². The predicted molar refractivity (Wildman–Crippen MR) is 202 cm³/mol. The number of methoxy groups -OCH3 is 1. The molecule has 274 valence electrons. The third kappa shape index (κ3) is 7.34. The van der Waals surface area contributed by atoms with Crippen LogP contribution in [-0.2, 0) is 33.7 Å². The lowest BCUT2D eigenvalue weighted by atomic mass is 9.90. The Labute approximate surface area is 313 Å². The number of Topliss-reactive ketones (excluding diaryl/α,β-unsaturated/α-hetero) is 2. The molecule has 2 aliphatic heterocycles. The van der Waals surface area contributed by atoms with Gasteiger partial charge in [0.15, 0.2) is 11.6 Å². The number of carbonyl (C=O) groups is 3. The van der Waals surface area contributed by atoms with E-state index in [4.69, 9.17) is 9.84 Å². The molecule has 4 aromatic rings. The highest BCUT2D eigenvalue weighted by Gasteiger charge is 2.67. The lowest BCUT2D eigenvalue weighted by Crippen LogP contribution is -2.45. The van der Waals surface area contributed by atoms with Crippen LogP contribution in [0.2, 0.25) is 0 Å². The molecule has 1 saturated heterocycles. The molecule has 52 heavy (non-hydrogen) atoms. The number of rotatable bonds is 6. The number of hydrogen-bond donors (Lipinski definition) is 0. The number of benzene rings is 1. The largest absolute Gasteiger partial charge is 0.381 e. The molecule has 5 heterocycles. The molecule has 12 heteroatoms. The zero-order valence-electron chi connectivity index (χ0n) is 30.8. The summed E-state index contributed by atoms with van der Waals surface area (Å²) in [5, 5.41) is 5.52. The van der Waals surface area contributed by atoms with Gasteiger partial charge < -0.3 is 14.5 Å². The summed E-state index contributed by atoms with van der Waals surface area (Å²) in [4.78, 5) is 59.6. The van der Waals surface area contributed by atoms with Gasteiger partial charge in [-0.15, -0.1) is 0 Å². The van der Waals surface area contributed by atoms with Crippen LogP contribution in [-0.4, -0.2) is 97.4 Å². The predicted octanol–water partition coefficient (Wildman–Crippen LogP) is 6.03. The Kier molecular flexibility index (Phi) is 10.4. The third-order valence-electron chi connectivity index (χ3n) is 11.5. The van der Waals surface area contributed by atoms with Crippen LogP contribution in [0.25, 0.3) is 22.0 Å². The number of aryl methyl sites for hydroxylation is 1. The van der Waals surface area contributed by atoms with Gasteiger partial charge in [0.05, 0.1) is 24.1 Å². The van der Waals surface area contributed by atoms with Gasteiger partial charge in [0.2, 0.25) is 5.91 Å². The average molecular weight is 771 g/mol. The average Bonchev–Trinajstić information content (AvgIpc) is 3.49. The fourth-order valence-corrected chi connectivity index (χ4v) is 9.13. The van der Waals surface area contributed by atoms with Crippen LogP contribution in [0, 0.1) is 18.3 Å². The van der Waals surface area contributed by atoms with Crippen LogP contribution in [0.15, 0.2) is 47.3 Å². The molecule has 1 saturated carbocycles. The van der Waals surface area contributed by atoms with E-state index in [-0.39, 0.29) is 53.9 Å². The highest BCUT2D eigenvalue weighted by atomic mass is 79.9. The van der Waals surface area contributed by atoms with Gasteiger partial charge in [-0.05, 0) is 103 Å². The summed E-state index contributed by atoms with van der Waals surface area (Å²) in [5.41, 5.74) is 4.26. The Morgan fingerprint density at radius 2 is 1.87 bits per heavy atom. The molecule has 1 aliphatic carbocycles. The Balaban J connectivity index is 1.32. The maximum atomic E-state index is 14.7. The van der Waals surface area contributed by atoms with Crippen LogP contribution in [0.4, 0.5) is 0 Å². The minimum Gasteiger partial charge on any atom is -0.381 e. The molecule has 7 rings (SSSR count). The van der Waals surface area contributed by atoms with E-state index in [1.54, 1.807) is 24.2 Å². The SMILES string of the molecule is COC1Cc2cc(-c3cnc(C)nc3)cc3c(C(C)=O)nn(c23)CC(=O)N2[C@H](C(=O)Cc3cccc(Br)n3)C[C@]3(C[C@@H]23)CN(C)CCCCCC1C. The van der Waals surface area contributed by atoms with Gasteiger partial charge >= 0.3 is 0 Å². The molecular weight excluding hydrogens is 722 g/mol. The fourth-order valence-electron chi connectivity index (χ4n) is 8.75. The number of ether oxygens (including phenoxy) is 1. The lowest BCUT2D eigenvalue weighted by Gasteiger charge is -2.27. The van der Waals surface area contributed by atoms with Crippen molar-refractivity contribution in [3.63, 3.8) is 0 Å². The first-order valence-corrected chi connectivity index (χ1v) is 19.3. The summed E-state index contributed by atoms with van der Waals surface area (Å²) in [7, 11) is 3.92. The molecule has 2 unspecified atom stereocenters. The first kappa shape index (κ1) is 36.5. The van der Waals surface area contributed by atoms with Crippen molar-refractivity contribution in [1.82, 2.24) is 34.5 Å². The number of carbonyl (C=O) groups excluding carboxylic acids is 3. The van der Waals surface area contributed by atoms with E-state index in [1.807, 2.05) is 36.1 Å². The standard InChI is InChI=1S/C40H48BrN7O4/c1-24-10-7-6-8-13-46(4)23-40-18-32(33(50)17-30-11-9-12-36(41)44-30)48(35(40)19-40)37(51)22-47-39-28(16-34(24)52-5)14-27(29-20-42-26(3)43-21-29)15-31(39)38(45-47)25(2)49/h9,11-12,14-15,20-21,24,32,34-35H,6-8,10,13,16-19,22-23H2,1-5H3/t24?,32-,34?,35+,40-/m0/s1. The second-order valence-electron chi connectivity index (χ2n) is 15.4. The van der Waals surface area contributed by atoms with Gasteiger partial charge in [-0.25, -0.2) is 15.0 Å². The topological polar surface area (TPSA) is 123 Å². The fraction of sp³-hybridized carbons (Fsp3) is 0.525. The molecule has 2 fully saturated rings. The van der Waals surface area contributed by atoms with E-state index in [1.165, 1.54) is 6.92 Å². The number of ketones is 2. The molecule has 3 aliphatic rings. The number of piperidine rings is 1. The molecule has 2 bridgehead atoms. The van der Waals surface area contributed by atoms with Crippen molar-refractivity contribution >= 4 is 44.3 Å². The first-order chi connectivity index (χ1) is 25.0. The van der Waals surface area contributed by atoms with Crippen molar-refractivity contribution in [2.24, 2.45) is 11.3 Å². The van der Waals surface area contributed by atoms with E-state index >= 15 is 0 Å². The zero-order chi connectivity index (χ0) is 36.7. The monoisotopic (exact) mass is 769 g/mol. The van der Waals surface area contributed by atoms with Gasteiger partial charge in [-0.1, -0.05) is 25.8 Å².